The molecule has 0 aliphatic rings. The van der Waals surface area contributed by atoms with Crippen molar-refractivity contribution in [1.29, 1.82) is 0 Å². The lowest BCUT2D eigenvalue weighted by Crippen LogP contribution is -2.14. The summed E-state index contributed by atoms with van der Waals surface area (Å²) in [6, 6.07) is 13.6. The van der Waals surface area contributed by atoms with Gasteiger partial charge in [0, 0.05) is 22.9 Å². The first-order valence-corrected chi connectivity index (χ1v) is 7.79. The van der Waals surface area contributed by atoms with Crippen molar-refractivity contribution in [3.8, 4) is 0 Å². The quantitative estimate of drug-likeness (QED) is 0.693. The molecule has 0 N–H and O–H groups in total. The number of thioether (sulfide) groups is 1. The van der Waals surface area contributed by atoms with E-state index in [-0.39, 0.29) is 5.56 Å². The Morgan fingerprint density at radius 1 is 1.14 bits per heavy atom. The second-order valence-corrected chi connectivity index (χ2v) is 6.09. The van der Waals surface area contributed by atoms with Gasteiger partial charge in [0.2, 0.25) is 0 Å². The minimum absolute atomic E-state index is 0.0307. The fourth-order valence-corrected chi connectivity index (χ4v) is 3.19. The van der Waals surface area contributed by atoms with Gasteiger partial charge in [-0.3, -0.25) is 9.20 Å². The number of aryl methyl sites for hydroxylation is 2. The summed E-state index contributed by atoms with van der Waals surface area (Å²) in [6.07, 6.45) is 1.74. The molecule has 0 saturated carbocycles. The molecule has 0 bridgehead atoms. The zero-order valence-electron chi connectivity index (χ0n) is 12.0. The highest BCUT2D eigenvalue weighted by atomic mass is 32.2. The Morgan fingerprint density at radius 3 is 2.81 bits per heavy atom. The Bertz CT molecular complexity index is 855. The average molecular weight is 296 g/mol. The van der Waals surface area contributed by atoms with E-state index >= 15 is 0 Å². The topological polar surface area (TPSA) is 34.4 Å². The van der Waals surface area contributed by atoms with Gasteiger partial charge in [0.05, 0.1) is 5.69 Å². The molecule has 0 aliphatic heterocycles. The van der Waals surface area contributed by atoms with Crippen LogP contribution >= 0.6 is 11.8 Å². The first-order chi connectivity index (χ1) is 10.1. The minimum atomic E-state index is -0.0307. The maximum Gasteiger partial charge on any atom is 0.258 e. The van der Waals surface area contributed by atoms with Crippen molar-refractivity contribution >= 4 is 17.4 Å². The number of fused-ring (bicyclic) bond motifs is 1. The van der Waals surface area contributed by atoms with E-state index in [2.05, 4.69) is 37.0 Å². The largest absolute Gasteiger partial charge is 0.269 e. The maximum atomic E-state index is 12.0. The van der Waals surface area contributed by atoms with Crippen LogP contribution in [0.25, 0.3) is 5.65 Å². The van der Waals surface area contributed by atoms with Gasteiger partial charge in [-0.15, -0.1) is 11.8 Å². The molecule has 3 aromatic rings. The SMILES string of the molecule is Cc1ccc(SCc2cc(=O)n3ccccc3n2)c(C)c1. The molecule has 2 aromatic heterocycles. The average Bonchev–Trinajstić information content (AvgIpc) is 2.46. The Hall–Kier alpha value is -2.07. The number of rotatable bonds is 3. The summed E-state index contributed by atoms with van der Waals surface area (Å²) < 4.78 is 1.56. The summed E-state index contributed by atoms with van der Waals surface area (Å²) in [5.74, 6) is 0.699. The van der Waals surface area contributed by atoms with Crippen molar-refractivity contribution in [3.05, 3.63) is 75.8 Å². The fraction of sp³-hybridized carbons (Fsp3) is 0.176. The summed E-state index contributed by atoms with van der Waals surface area (Å²) >= 11 is 1.72. The van der Waals surface area contributed by atoms with Gasteiger partial charge < -0.3 is 0 Å². The smallest absolute Gasteiger partial charge is 0.258 e. The van der Waals surface area contributed by atoms with Crippen LogP contribution in [0.15, 0.2) is 58.4 Å². The summed E-state index contributed by atoms with van der Waals surface area (Å²) in [7, 11) is 0. The molecule has 0 unspecified atom stereocenters. The molecular formula is C17H16N2OS. The van der Waals surface area contributed by atoms with E-state index in [1.54, 1.807) is 28.4 Å². The van der Waals surface area contributed by atoms with Crippen molar-refractivity contribution in [3.63, 3.8) is 0 Å². The Balaban J connectivity index is 1.87. The Morgan fingerprint density at radius 2 is 2.00 bits per heavy atom. The maximum absolute atomic E-state index is 12.0. The predicted octanol–water partition coefficient (Wildman–Crippen LogP) is 3.60. The highest BCUT2D eigenvalue weighted by molar-refractivity contribution is 7.98. The van der Waals surface area contributed by atoms with Gasteiger partial charge in [0.15, 0.2) is 0 Å². The van der Waals surface area contributed by atoms with E-state index < -0.39 is 0 Å². The third kappa shape index (κ3) is 3.00. The zero-order chi connectivity index (χ0) is 14.8. The van der Waals surface area contributed by atoms with E-state index in [9.17, 15) is 4.79 Å². The van der Waals surface area contributed by atoms with Crippen molar-refractivity contribution in [2.45, 2.75) is 24.5 Å². The summed E-state index contributed by atoms with van der Waals surface area (Å²) in [5.41, 5.74) is 4.01. The lowest BCUT2D eigenvalue weighted by atomic mass is 10.2. The van der Waals surface area contributed by atoms with E-state index in [0.717, 1.165) is 5.69 Å². The van der Waals surface area contributed by atoms with Gasteiger partial charge in [-0.1, -0.05) is 23.8 Å². The highest BCUT2D eigenvalue weighted by Crippen LogP contribution is 2.25. The molecule has 3 nitrogen and oxygen atoms in total. The predicted molar refractivity (Wildman–Crippen MR) is 86.9 cm³/mol. The molecule has 106 valence electrons. The van der Waals surface area contributed by atoms with Crippen LogP contribution in [0.2, 0.25) is 0 Å². The van der Waals surface area contributed by atoms with Crippen molar-refractivity contribution in [2.24, 2.45) is 0 Å². The second-order valence-electron chi connectivity index (χ2n) is 5.07. The number of pyridine rings is 1. The van der Waals surface area contributed by atoms with Crippen molar-refractivity contribution in [2.75, 3.05) is 0 Å². The molecule has 0 radical (unpaired) electrons. The first-order valence-electron chi connectivity index (χ1n) is 6.81. The molecule has 4 heteroatoms. The summed E-state index contributed by atoms with van der Waals surface area (Å²) in [6.45, 7) is 4.20. The van der Waals surface area contributed by atoms with Crippen molar-refractivity contribution in [1.82, 2.24) is 9.38 Å². The van der Waals surface area contributed by atoms with Crippen LogP contribution in [0.1, 0.15) is 16.8 Å². The normalized spacial score (nSPS) is 11.0. The molecule has 1 aromatic carbocycles. The lowest BCUT2D eigenvalue weighted by Gasteiger charge is -2.07. The first kappa shape index (κ1) is 13.9. The third-order valence-electron chi connectivity index (χ3n) is 3.33. The number of benzene rings is 1. The molecule has 0 spiro atoms. The minimum Gasteiger partial charge on any atom is -0.269 e. The molecule has 3 rings (SSSR count). The molecule has 2 heterocycles. The van der Waals surface area contributed by atoms with Crippen LogP contribution < -0.4 is 5.56 Å². The monoisotopic (exact) mass is 296 g/mol. The van der Waals surface area contributed by atoms with Gasteiger partial charge in [0.25, 0.3) is 5.56 Å². The molecule has 21 heavy (non-hydrogen) atoms. The molecule has 0 saturated heterocycles. The van der Waals surface area contributed by atoms with E-state index in [1.807, 2.05) is 18.2 Å². The molecule has 0 aliphatic carbocycles. The molecule has 0 amide bonds. The van der Waals surface area contributed by atoms with E-state index in [0.29, 0.717) is 11.4 Å². The van der Waals surface area contributed by atoms with Crippen LogP contribution in [0.3, 0.4) is 0 Å². The zero-order valence-corrected chi connectivity index (χ0v) is 12.9. The Labute approximate surface area is 127 Å². The number of hydrogen-bond donors (Lipinski definition) is 0. The van der Waals surface area contributed by atoms with Gasteiger partial charge in [-0.25, -0.2) is 4.98 Å². The van der Waals surface area contributed by atoms with Gasteiger partial charge >= 0.3 is 0 Å². The summed E-state index contributed by atoms with van der Waals surface area (Å²) in [5, 5.41) is 0. The molecule has 0 fully saturated rings. The van der Waals surface area contributed by atoms with Crippen molar-refractivity contribution < 1.29 is 0 Å². The highest BCUT2D eigenvalue weighted by Gasteiger charge is 2.04. The van der Waals surface area contributed by atoms with Gasteiger partial charge in [-0.2, -0.15) is 0 Å². The second kappa shape index (κ2) is 5.74. The van der Waals surface area contributed by atoms with Gasteiger partial charge in [-0.05, 0) is 37.6 Å². The van der Waals surface area contributed by atoms with Crippen LogP contribution in [0, 0.1) is 13.8 Å². The van der Waals surface area contributed by atoms with Crippen LogP contribution in [0.5, 0.6) is 0 Å². The van der Waals surface area contributed by atoms with E-state index in [4.69, 9.17) is 0 Å². The number of aromatic nitrogens is 2. The van der Waals surface area contributed by atoms with Crippen LogP contribution in [0.4, 0.5) is 0 Å². The number of hydrogen-bond acceptors (Lipinski definition) is 3. The lowest BCUT2D eigenvalue weighted by molar-refractivity contribution is 1.01. The third-order valence-corrected chi connectivity index (χ3v) is 4.54. The molecule has 0 atom stereocenters. The fourth-order valence-electron chi connectivity index (χ4n) is 2.29. The molecular weight excluding hydrogens is 280 g/mol. The summed E-state index contributed by atoms with van der Waals surface area (Å²) in [4.78, 5) is 17.8. The van der Waals surface area contributed by atoms with Crippen LogP contribution in [-0.4, -0.2) is 9.38 Å². The number of nitrogens with zero attached hydrogens (tertiary/aromatic N) is 2. The van der Waals surface area contributed by atoms with Crippen LogP contribution in [-0.2, 0) is 5.75 Å². The standard InChI is InChI=1S/C17H16N2OS/c1-12-6-7-15(13(2)9-12)21-11-14-10-17(20)19-8-4-3-5-16(19)18-14/h3-10H,11H2,1-2H3. The van der Waals surface area contributed by atoms with E-state index in [1.165, 1.54) is 16.0 Å². The Kier molecular flexibility index (Phi) is 3.80. The van der Waals surface area contributed by atoms with Gasteiger partial charge in [0.1, 0.15) is 5.65 Å².